The molecule has 1 aliphatic heterocycles. The van der Waals surface area contributed by atoms with Crippen molar-refractivity contribution in [3.63, 3.8) is 0 Å². The number of carbonyl (C=O) groups excluding carboxylic acids is 1. The quantitative estimate of drug-likeness (QED) is 0.389. The number of carbonyl (C=O) groups is 1. The number of piperazine rings is 1. The van der Waals surface area contributed by atoms with Gasteiger partial charge in [0.25, 0.3) is 0 Å². The van der Waals surface area contributed by atoms with Crippen molar-refractivity contribution in [2.45, 2.75) is 25.7 Å². The standard InChI is InChI=1S/C28H28Cl2N4O2/c29-24-11-10-22(16-25(24)30)20-36-15-12-28(35)34-14-13-33(26-9-5-4-8-23(26)17-31)19-27(34)32-18-21-6-2-1-3-7-21/h1-11,16,27,32H,12-15,18-20H2. The molecule has 8 heteroatoms. The number of hydrogen-bond acceptors (Lipinski definition) is 5. The Morgan fingerprint density at radius 1 is 1.00 bits per heavy atom. The van der Waals surface area contributed by atoms with E-state index < -0.39 is 0 Å². The summed E-state index contributed by atoms with van der Waals surface area (Å²) in [7, 11) is 0. The van der Waals surface area contributed by atoms with Crippen LogP contribution in [0.25, 0.3) is 0 Å². The molecule has 36 heavy (non-hydrogen) atoms. The molecular weight excluding hydrogens is 495 g/mol. The van der Waals surface area contributed by atoms with Gasteiger partial charge in [-0.3, -0.25) is 10.1 Å². The van der Waals surface area contributed by atoms with E-state index in [1.54, 1.807) is 12.1 Å². The van der Waals surface area contributed by atoms with Crippen LogP contribution < -0.4 is 10.2 Å². The number of amides is 1. The molecule has 6 nitrogen and oxygen atoms in total. The van der Waals surface area contributed by atoms with Gasteiger partial charge in [-0.25, -0.2) is 0 Å². The summed E-state index contributed by atoms with van der Waals surface area (Å²) >= 11 is 12.0. The SMILES string of the molecule is N#Cc1ccccc1N1CCN(C(=O)CCOCc2ccc(Cl)c(Cl)c2)C(NCc2ccccc2)C1. The summed E-state index contributed by atoms with van der Waals surface area (Å²) in [6.07, 6.45) is 0.0767. The van der Waals surface area contributed by atoms with Gasteiger partial charge in [-0.2, -0.15) is 5.26 Å². The highest BCUT2D eigenvalue weighted by atomic mass is 35.5. The van der Waals surface area contributed by atoms with Crippen LogP contribution in [0.15, 0.2) is 72.8 Å². The third-order valence-corrected chi connectivity index (χ3v) is 6.90. The van der Waals surface area contributed by atoms with Gasteiger partial charge in [0, 0.05) is 19.6 Å². The lowest BCUT2D eigenvalue weighted by Gasteiger charge is -2.43. The van der Waals surface area contributed by atoms with E-state index in [1.165, 1.54) is 0 Å². The van der Waals surface area contributed by atoms with Crippen LogP contribution in [0, 0.1) is 11.3 Å². The minimum Gasteiger partial charge on any atom is -0.376 e. The van der Waals surface area contributed by atoms with Crippen LogP contribution in [0.1, 0.15) is 23.1 Å². The minimum atomic E-state index is -0.201. The van der Waals surface area contributed by atoms with Crippen molar-refractivity contribution >= 4 is 34.8 Å². The number of anilines is 1. The summed E-state index contributed by atoms with van der Waals surface area (Å²) in [6, 6.07) is 25.3. The average molecular weight is 523 g/mol. The molecule has 186 valence electrons. The second-order valence-electron chi connectivity index (χ2n) is 8.60. The topological polar surface area (TPSA) is 68.6 Å². The molecule has 1 atom stereocenters. The van der Waals surface area contributed by atoms with Gasteiger partial charge in [0.2, 0.25) is 5.91 Å². The molecule has 0 radical (unpaired) electrons. The van der Waals surface area contributed by atoms with Crippen LogP contribution in [-0.4, -0.2) is 43.2 Å². The summed E-state index contributed by atoms with van der Waals surface area (Å²) in [5, 5.41) is 14.1. The van der Waals surface area contributed by atoms with Crippen molar-refractivity contribution in [2.75, 3.05) is 31.1 Å². The number of hydrogen-bond donors (Lipinski definition) is 1. The zero-order chi connectivity index (χ0) is 25.3. The van der Waals surface area contributed by atoms with Gasteiger partial charge in [0.05, 0.1) is 47.5 Å². The second-order valence-corrected chi connectivity index (χ2v) is 9.41. The normalized spacial score (nSPS) is 15.5. The van der Waals surface area contributed by atoms with Crippen molar-refractivity contribution < 1.29 is 9.53 Å². The van der Waals surface area contributed by atoms with Crippen LogP contribution in [0.5, 0.6) is 0 Å². The molecule has 0 aromatic heterocycles. The molecule has 1 fully saturated rings. The maximum atomic E-state index is 13.2. The van der Waals surface area contributed by atoms with Gasteiger partial charge in [-0.05, 0) is 35.4 Å². The molecule has 0 spiro atoms. The Hall–Kier alpha value is -3.08. The number of nitrogens with zero attached hydrogens (tertiary/aromatic N) is 3. The molecule has 4 rings (SSSR count). The predicted octanol–water partition coefficient (Wildman–Crippen LogP) is 5.24. The van der Waals surface area contributed by atoms with Crippen molar-refractivity contribution in [3.05, 3.63) is 99.5 Å². The lowest BCUT2D eigenvalue weighted by atomic mass is 10.1. The first-order chi connectivity index (χ1) is 17.5. The molecule has 0 saturated carbocycles. The Kier molecular flexibility index (Phi) is 9.21. The molecule has 1 aliphatic rings. The maximum absolute atomic E-state index is 13.2. The molecule has 0 bridgehead atoms. The Morgan fingerprint density at radius 3 is 2.56 bits per heavy atom. The van der Waals surface area contributed by atoms with E-state index in [-0.39, 0.29) is 18.5 Å². The highest BCUT2D eigenvalue weighted by Crippen LogP contribution is 2.24. The number of benzene rings is 3. The van der Waals surface area contributed by atoms with Gasteiger partial charge < -0.3 is 14.5 Å². The second kappa shape index (κ2) is 12.8. The fraction of sp³-hybridized carbons (Fsp3) is 0.286. The first-order valence-electron chi connectivity index (χ1n) is 11.9. The Balaban J connectivity index is 1.38. The molecular formula is C28H28Cl2N4O2. The van der Waals surface area contributed by atoms with Crippen LogP contribution in [0.2, 0.25) is 10.0 Å². The number of para-hydroxylation sites is 1. The van der Waals surface area contributed by atoms with Crippen molar-refractivity contribution in [1.82, 2.24) is 10.2 Å². The summed E-state index contributed by atoms with van der Waals surface area (Å²) in [5.74, 6) is 0.0305. The van der Waals surface area contributed by atoms with Crippen LogP contribution in [0.4, 0.5) is 5.69 Å². The molecule has 1 unspecified atom stereocenters. The fourth-order valence-corrected chi connectivity index (χ4v) is 4.59. The number of rotatable bonds is 9. The summed E-state index contributed by atoms with van der Waals surface area (Å²) in [4.78, 5) is 17.3. The van der Waals surface area contributed by atoms with E-state index in [2.05, 4.69) is 28.4 Å². The fourth-order valence-electron chi connectivity index (χ4n) is 4.27. The lowest BCUT2D eigenvalue weighted by Crippen LogP contribution is -2.60. The van der Waals surface area contributed by atoms with Crippen molar-refractivity contribution in [1.29, 1.82) is 5.26 Å². The van der Waals surface area contributed by atoms with Crippen molar-refractivity contribution in [2.24, 2.45) is 0 Å². The summed E-state index contributed by atoms with van der Waals surface area (Å²) < 4.78 is 5.75. The average Bonchev–Trinajstić information content (AvgIpc) is 2.92. The number of nitriles is 1. The van der Waals surface area contributed by atoms with E-state index in [0.717, 1.165) is 16.8 Å². The maximum Gasteiger partial charge on any atom is 0.226 e. The lowest BCUT2D eigenvalue weighted by molar-refractivity contribution is -0.136. The third-order valence-electron chi connectivity index (χ3n) is 6.16. The monoisotopic (exact) mass is 522 g/mol. The van der Waals surface area contributed by atoms with E-state index >= 15 is 0 Å². The molecule has 3 aromatic rings. The number of ether oxygens (including phenoxy) is 1. The third kappa shape index (κ3) is 6.77. The molecule has 3 aromatic carbocycles. The Bertz CT molecular complexity index is 1220. The van der Waals surface area contributed by atoms with E-state index in [1.807, 2.05) is 53.4 Å². The van der Waals surface area contributed by atoms with E-state index in [0.29, 0.717) is 55.0 Å². The smallest absolute Gasteiger partial charge is 0.226 e. The van der Waals surface area contributed by atoms with Crippen LogP contribution in [-0.2, 0) is 22.7 Å². The number of halogens is 2. The molecule has 1 saturated heterocycles. The van der Waals surface area contributed by atoms with Crippen molar-refractivity contribution in [3.8, 4) is 6.07 Å². The van der Waals surface area contributed by atoms with Gasteiger partial charge in [-0.1, -0.05) is 71.7 Å². The highest BCUT2D eigenvalue weighted by molar-refractivity contribution is 6.42. The van der Waals surface area contributed by atoms with Crippen LogP contribution >= 0.6 is 23.2 Å². The minimum absolute atomic E-state index is 0.0305. The van der Waals surface area contributed by atoms with Crippen LogP contribution in [0.3, 0.4) is 0 Å². The zero-order valence-corrected chi connectivity index (χ0v) is 21.4. The van der Waals surface area contributed by atoms with E-state index in [4.69, 9.17) is 27.9 Å². The van der Waals surface area contributed by atoms with Gasteiger partial charge in [-0.15, -0.1) is 0 Å². The Labute approximate surface area is 222 Å². The molecule has 1 N–H and O–H groups in total. The first kappa shape index (κ1) is 26.0. The van der Waals surface area contributed by atoms with Gasteiger partial charge in [0.1, 0.15) is 12.2 Å². The Morgan fingerprint density at radius 2 is 1.78 bits per heavy atom. The molecule has 1 amide bonds. The predicted molar refractivity (Wildman–Crippen MR) is 143 cm³/mol. The zero-order valence-electron chi connectivity index (χ0n) is 19.9. The van der Waals surface area contributed by atoms with Gasteiger partial charge in [0.15, 0.2) is 0 Å². The largest absolute Gasteiger partial charge is 0.376 e. The molecule has 0 aliphatic carbocycles. The van der Waals surface area contributed by atoms with E-state index in [9.17, 15) is 10.1 Å². The number of nitrogens with one attached hydrogen (secondary N) is 1. The molecule has 1 heterocycles. The highest BCUT2D eigenvalue weighted by Gasteiger charge is 2.30. The summed E-state index contributed by atoms with van der Waals surface area (Å²) in [5.41, 5.74) is 3.58. The van der Waals surface area contributed by atoms with Gasteiger partial charge >= 0.3 is 0 Å². The summed E-state index contributed by atoms with van der Waals surface area (Å²) in [6.45, 7) is 3.09. The first-order valence-corrected chi connectivity index (χ1v) is 12.6.